The van der Waals surface area contributed by atoms with Crippen molar-refractivity contribution in [2.45, 2.75) is 53.4 Å². The fourth-order valence-electron chi connectivity index (χ4n) is 1.44. The number of rotatable bonds is 8. The van der Waals surface area contributed by atoms with E-state index >= 15 is 0 Å². The number of hydrogen-bond donors (Lipinski definition) is 1. The largest absolute Gasteiger partial charge is 0.493 e. The first-order valence-electron chi connectivity index (χ1n) is 9.67. The van der Waals surface area contributed by atoms with Gasteiger partial charge in [-0.05, 0) is 32.1 Å². The van der Waals surface area contributed by atoms with Crippen LogP contribution in [0.2, 0.25) is 0 Å². The zero-order chi connectivity index (χ0) is 21.6. The van der Waals surface area contributed by atoms with Gasteiger partial charge in [-0.1, -0.05) is 63.2 Å². The molecule has 0 bridgehead atoms. The van der Waals surface area contributed by atoms with E-state index in [9.17, 15) is 0 Å². The number of aromatic nitrogens is 2. The fraction of sp³-hybridized carbons (Fsp3) is 0.455. The SMILES string of the molecule is C/C=C/c1noc(CSCCOc2ccccc2)n1.C=CC(C)O.CC.CC. The number of thioether (sulfide) groups is 1. The van der Waals surface area contributed by atoms with Gasteiger partial charge in [0.15, 0.2) is 5.82 Å². The molecule has 0 fully saturated rings. The van der Waals surface area contributed by atoms with Crippen LogP contribution in [0.4, 0.5) is 0 Å². The second-order valence-electron chi connectivity index (χ2n) is 4.74. The zero-order valence-corrected chi connectivity index (χ0v) is 18.9. The summed E-state index contributed by atoms with van der Waals surface area (Å²) in [7, 11) is 0. The Morgan fingerprint density at radius 3 is 2.36 bits per heavy atom. The van der Waals surface area contributed by atoms with Gasteiger partial charge in [0.1, 0.15) is 5.75 Å². The first-order valence-corrected chi connectivity index (χ1v) is 10.8. The van der Waals surface area contributed by atoms with Gasteiger partial charge in [-0.15, -0.1) is 18.3 Å². The van der Waals surface area contributed by atoms with Crippen LogP contribution in [0.5, 0.6) is 5.75 Å². The number of hydrogen-bond acceptors (Lipinski definition) is 6. The van der Waals surface area contributed by atoms with E-state index < -0.39 is 0 Å². The van der Waals surface area contributed by atoms with Crippen molar-refractivity contribution in [2.24, 2.45) is 0 Å². The van der Waals surface area contributed by atoms with Crippen LogP contribution in [-0.2, 0) is 5.75 Å². The van der Waals surface area contributed by atoms with Crippen molar-refractivity contribution in [3.63, 3.8) is 0 Å². The summed E-state index contributed by atoms with van der Waals surface area (Å²) in [6.45, 7) is 15.6. The van der Waals surface area contributed by atoms with Gasteiger partial charge in [-0.2, -0.15) is 4.98 Å². The van der Waals surface area contributed by atoms with Crippen LogP contribution in [0.3, 0.4) is 0 Å². The Morgan fingerprint density at radius 1 is 1.21 bits per heavy atom. The lowest BCUT2D eigenvalue weighted by atomic mass is 10.3. The number of aliphatic hydroxyl groups is 1. The van der Waals surface area contributed by atoms with Gasteiger partial charge < -0.3 is 14.4 Å². The highest BCUT2D eigenvalue weighted by atomic mass is 32.2. The first kappa shape index (κ1) is 28.2. The molecular weight excluding hydrogens is 372 g/mol. The number of benzene rings is 1. The molecule has 5 nitrogen and oxygen atoms in total. The Labute approximate surface area is 174 Å². The van der Waals surface area contributed by atoms with Crippen LogP contribution < -0.4 is 4.74 Å². The Bertz CT molecular complexity index is 599. The van der Waals surface area contributed by atoms with Crippen LogP contribution in [0.1, 0.15) is 53.3 Å². The Morgan fingerprint density at radius 2 is 1.82 bits per heavy atom. The molecule has 0 radical (unpaired) electrons. The van der Waals surface area contributed by atoms with E-state index in [0.29, 0.717) is 24.1 Å². The number of para-hydroxylation sites is 1. The molecule has 2 aromatic rings. The van der Waals surface area contributed by atoms with Crippen LogP contribution in [0.15, 0.2) is 53.6 Å². The molecular formula is C22H36N2O3S. The van der Waals surface area contributed by atoms with E-state index in [1.54, 1.807) is 18.7 Å². The van der Waals surface area contributed by atoms with Crippen LogP contribution >= 0.6 is 11.8 Å². The summed E-state index contributed by atoms with van der Waals surface area (Å²) < 4.78 is 10.7. The van der Waals surface area contributed by atoms with Crippen molar-refractivity contribution >= 4 is 17.8 Å². The maximum atomic E-state index is 8.24. The molecule has 0 spiro atoms. The second kappa shape index (κ2) is 21.3. The number of allylic oxidation sites excluding steroid dienone is 1. The van der Waals surface area contributed by atoms with Crippen molar-refractivity contribution in [1.82, 2.24) is 10.1 Å². The van der Waals surface area contributed by atoms with E-state index in [0.717, 1.165) is 11.5 Å². The molecule has 0 amide bonds. The molecule has 1 unspecified atom stereocenters. The van der Waals surface area contributed by atoms with Gasteiger partial charge in [0, 0.05) is 5.75 Å². The predicted octanol–water partition coefficient (Wildman–Crippen LogP) is 6.02. The molecule has 1 heterocycles. The second-order valence-corrected chi connectivity index (χ2v) is 5.84. The molecule has 0 aliphatic heterocycles. The Balaban J connectivity index is 0. The summed E-state index contributed by atoms with van der Waals surface area (Å²) in [6.07, 6.45) is 4.82. The van der Waals surface area contributed by atoms with Crippen molar-refractivity contribution in [2.75, 3.05) is 12.4 Å². The quantitative estimate of drug-likeness (QED) is 0.425. The molecule has 1 N–H and O–H groups in total. The summed E-state index contributed by atoms with van der Waals surface area (Å²) in [6, 6.07) is 9.80. The molecule has 0 saturated heterocycles. The lowest BCUT2D eigenvalue weighted by Gasteiger charge is -2.04. The molecule has 0 aliphatic carbocycles. The summed E-state index contributed by atoms with van der Waals surface area (Å²) in [5, 5.41) is 12.1. The van der Waals surface area contributed by atoms with Gasteiger partial charge >= 0.3 is 0 Å². The highest BCUT2D eigenvalue weighted by molar-refractivity contribution is 7.98. The minimum Gasteiger partial charge on any atom is -0.493 e. The van der Waals surface area contributed by atoms with Gasteiger partial charge in [0.05, 0.1) is 18.5 Å². The molecule has 158 valence electrons. The third-order valence-electron chi connectivity index (χ3n) is 2.61. The Kier molecular flexibility index (Phi) is 21.4. The summed E-state index contributed by atoms with van der Waals surface area (Å²) in [5.74, 6) is 3.77. The van der Waals surface area contributed by atoms with Crippen LogP contribution in [0.25, 0.3) is 6.08 Å². The smallest absolute Gasteiger partial charge is 0.236 e. The van der Waals surface area contributed by atoms with E-state index in [1.807, 2.05) is 77.1 Å². The van der Waals surface area contributed by atoms with E-state index in [-0.39, 0.29) is 6.10 Å². The average Bonchev–Trinajstić information content (AvgIpc) is 3.19. The maximum absolute atomic E-state index is 8.24. The number of ether oxygens (including phenoxy) is 1. The molecule has 1 aromatic carbocycles. The minimum absolute atomic E-state index is 0.352. The molecule has 0 aliphatic rings. The third-order valence-corrected chi connectivity index (χ3v) is 3.51. The van der Waals surface area contributed by atoms with E-state index in [1.165, 1.54) is 6.08 Å². The lowest BCUT2D eigenvalue weighted by Crippen LogP contribution is -2.00. The molecule has 1 aromatic heterocycles. The molecule has 1 atom stereocenters. The zero-order valence-electron chi connectivity index (χ0n) is 18.1. The molecule has 2 rings (SSSR count). The molecule has 0 saturated carbocycles. The van der Waals surface area contributed by atoms with Gasteiger partial charge in [0.2, 0.25) is 5.89 Å². The minimum atomic E-state index is -0.352. The van der Waals surface area contributed by atoms with Gasteiger partial charge in [-0.25, -0.2) is 0 Å². The molecule has 6 heteroatoms. The number of nitrogens with zero attached hydrogens (tertiary/aromatic N) is 2. The normalized spacial score (nSPS) is 10.4. The summed E-state index contributed by atoms with van der Waals surface area (Å²) in [4.78, 5) is 4.23. The number of aliphatic hydroxyl groups excluding tert-OH is 1. The Hall–Kier alpha value is -2.05. The molecule has 28 heavy (non-hydrogen) atoms. The highest BCUT2D eigenvalue weighted by Gasteiger charge is 2.03. The maximum Gasteiger partial charge on any atom is 0.236 e. The highest BCUT2D eigenvalue weighted by Crippen LogP contribution is 2.12. The predicted molar refractivity (Wildman–Crippen MR) is 122 cm³/mol. The third kappa shape index (κ3) is 16.1. The van der Waals surface area contributed by atoms with Gasteiger partial charge in [-0.3, -0.25) is 0 Å². The van der Waals surface area contributed by atoms with Crippen molar-refractivity contribution in [3.05, 3.63) is 60.8 Å². The monoisotopic (exact) mass is 408 g/mol. The van der Waals surface area contributed by atoms with E-state index in [4.69, 9.17) is 14.4 Å². The van der Waals surface area contributed by atoms with Crippen molar-refractivity contribution in [3.8, 4) is 5.75 Å². The average molecular weight is 409 g/mol. The fourth-order valence-corrected chi connectivity index (χ4v) is 2.08. The van der Waals surface area contributed by atoms with Crippen LogP contribution in [0, 0.1) is 0 Å². The summed E-state index contributed by atoms with van der Waals surface area (Å²) in [5.41, 5.74) is 0. The van der Waals surface area contributed by atoms with Crippen molar-refractivity contribution in [1.29, 1.82) is 0 Å². The van der Waals surface area contributed by atoms with Crippen molar-refractivity contribution < 1.29 is 14.4 Å². The van der Waals surface area contributed by atoms with E-state index in [2.05, 4.69) is 16.7 Å². The van der Waals surface area contributed by atoms with Crippen LogP contribution in [-0.4, -0.2) is 33.7 Å². The lowest BCUT2D eigenvalue weighted by molar-refractivity contribution is 0.244. The summed E-state index contributed by atoms with van der Waals surface area (Å²) >= 11 is 1.71. The first-order chi connectivity index (χ1) is 13.7. The standard InChI is InChI=1S/C14H16N2O2S.C4H8O.2C2H6/c1-2-6-13-15-14(18-16-13)11-19-10-9-17-12-7-4-3-5-8-12;1-3-4(2)5;2*1-2/h2-8H,9-11H2,1H3;3-5H,1H2,2H3;2*1-2H3/b6-2+;;;. The van der Waals surface area contributed by atoms with Gasteiger partial charge in [0.25, 0.3) is 0 Å². The topological polar surface area (TPSA) is 68.4 Å².